The van der Waals surface area contributed by atoms with Crippen LogP contribution < -0.4 is 5.32 Å². The molecule has 0 radical (unpaired) electrons. The van der Waals surface area contributed by atoms with Crippen molar-refractivity contribution in [3.63, 3.8) is 0 Å². The quantitative estimate of drug-likeness (QED) is 0.782. The van der Waals surface area contributed by atoms with Gasteiger partial charge in [0.25, 0.3) is 0 Å². The predicted molar refractivity (Wildman–Crippen MR) is 66.6 cm³/mol. The molecular formula is C13H22N2O2. The Hall–Kier alpha value is -0.840. The smallest absolute Gasteiger partial charge is 0.129 e. The van der Waals surface area contributed by atoms with Gasteiger partial charge in [-0.25, -0.2) is 0 Å². The van der Waals surface area contributed by atoms with E-state index in [4.69, 9.17) is 9.52 Å². The molecular weight excluding hydrogens is 216 g/mol. The summed E-state index contributed by atoms with van der Waals surface area (Å²) in [5.41, 5.74) is 0. The van der Waals surface area contributed by atoms with Gasteiger partial charge in [-0.15, -0.1) is 0 Å². The number of furan rings is 1. The summed E-state index contributed by atoms with van der Waals surface area (Å²) in [7, 11) is 0. The van der Waals surface area contributed by atoms with Crippen molar-refractivity contribution in [2.75, 3.05) is 26.2 Å². The molecule has 17 heavy (non-hydrogen) atoms. The number of nitrogens with one attached hydrogen (secondary N) is 1. The van der Waals surface area contributed by atoms with E-state index in [1.54, 1.807) is 0 Å². The second kappa shape index (κ2) is 6.19. The summed E-state index contributed by atoms with van der Waals surface area (Å²) in [6, 6.07) is 3.75. The molecule has 1 aromatic rings. The second-order valence-corrected chi connectivity index (χ2v) is 4.70. The van der Waals surface area contributed by atoms with Gasteiger partial charge in [-0.2, -0.15) is 0 Å². The summed E-state index contributed by atoms with van der Waals surface area (Å²) < 4.78 is 5.42. The maximum atomic E-state index is 8.89. The number of hydrogen-bond donors (Lipinski definition) is 2. The molecule has 1 unspecified atom stereocenters. The number of nitrogens with zero attached hydrogens (tertiary/aromatic N) is 1. The highest BCUT2D eigenvalue weighted by molar-refractivity contribution is 5.06. The third kappa shape index (κ3) is 3.56. The van der Waals surface area contributed by atoms with Gasteiger partial charge in [0.2, 0.25) is 0 Å². The molecule has 2 heterocycles. The molecule has 0 spiro atoms. The molecule has 2 rings (SSSR count). The normalized spacial score (nSPS) is 21.2. The van der Waals surface area contributed by atoms with Crippen LogP contribution in [-0.4, -0.2) is 36.2 Å². The fourth-order valence-electron chi connectivity index (χ4n) is 2.37. The van der Waals surface area contributed by atoms with Crippen LogP contribution in [0.1, 0.15) is 24.9 Å². The zero-order chi connectivity index (χ0) is 12.1. The highest BCUT2D eigenvalue weighted by Crippen LogP contribution is 2.15. The van der Waals surface area contributed by atoms with Gasteiger partial charge in [-0.3, -0.25) is 0 Å². The van der Waals surface area contributed by atoms with E-state index in [1.807, 2.05) is 12.1 Å². The van der Waals surface area contributed by atoms with E-state index in [9.17, 15) is 0 Å². The highest BCUT2D eigenvalue weighted by Gasteiger charge is 2.20. The Morgan fingerprint density at radius 3 is 2.94 bits per heavy atom. The van der Waals surface area contributed by atoms with Gasteiger partial charge in [0, 0.05) is 6.54 Å². The van der Waals surface area contributed by atoms with Crippen molar-refractivity contribution in [3.05, 3.63) is 23.7 Å². The summed E-state index contributed by atoms with van der Waals surface area (Å²) in [6.07, 6.45) is 1.29. The number of aliphatic hydroxyl groups is 1. The lowest BCUT2D eigenvalue weighted by molar-refractivity contribution is 0.242. The Morgan fingerprint density at radius 1 is 1.47 bits per heavy atom. The largest absolute Gasteiger partial charge is 0.462 e. The highest BCUT2D eigenvalue weighted by atomic mass is 16.4. The first-order chi connectivity index (χ1) is 8.31. The average molecular weight is 238 g/mol. The van der Waals surface area contributed by atoms with Crippen LogP contribution in [0, 0.1) is 5.92 Å². The van der Waals surface area contributed by atoms with Crippen LogP contribution in [0.3, 0.4) is 0 Å². The summed E-state index contributed by atoms with van der Waals surface area (Å²) in [6.45, 7) is 7.60. The Balaban J connectivity index is 1.66. The van der Waals surface area contributed by atoms with Crippen molar-refractivity contribution < 1.29 is 9.52 Å². The van der Waals surface area contributed by atoms with E-state index < -0.39 is 0 Å². The van der Waals surface area contributed by atoms with Crippen molar-refractivity contribution >= 4 is 0 Å². The van der Waals surface area contributed by atoms with Crippen LogP contribution in [0.4, 0.5) is 0 Å². The van der Waals surface area contributed by atoms with Crippen molar-refractivity contribution in [1.29, 1.82) is 0 Å². The molecule has 4 nitrogen and oxygen atoms in total. The van der Waals surface area contributed by atoms with Gasteiger partial charge in [0.15, 0.2) is 0 Å². The van der Waals surface area contributed by atoms with Crippen LogP contribution in [0.15, 0.2) is 16.5 Å². The summed E-state index contributed by atoms with van der Waals surface area (Å²) >= 11 is 0. The third-order valence-corrected chi connectivity index (χ3v) is 3.42. The Kier molecular flexibility index (Phi) is 4.59. The van der Waals surface area contributed by atoms with Crippen LogP contribution in [0.5, 0.6) is 0 Å². The van der Waals surface area contributed by atoms with Crippen molar-refractivity contribution in [3.8, 4) is 0 Å². The maximum Gasteiger partial charge on any atom is 0.129 e. The summed E-state index contributed by atoms with van der Waals surface area (Å²) in [4.78, 5) is 2.49. The Bertz CT molecular complexity index is 338. The Morgan fingerprint density at radius 2 is 2.29 bits per heavy atom. The summed E-state index contributed by atoms with van der Waals surface area (Å²) in [5, 5.41) is 12.3. The zero-order valence-corrected chi connectivity index (χ0v) is 10.5. The van der Waals surface area contributed by atoms with Gasteiger partial charge >= 0.3 is 0 Å². The van der Waals surface area contributed by atoms with E-state index in [0.29, 0.717) is 5.76 Å². The fourth-order valence-corrected chi connectivity index (χ4v) is 2.37. The van der Waals surface area contributed by atoms with E-state index in [0.717, 1.165) is 31.3 Å². The lowest BCUT2D eigenvalue weighted by Gasteiger charge is -2.13. The lowest BCUT2D eigenvalue weighted by atomic mass is 10.1. The van der Waals surface area contributed by atoms with Gasteiger partial charge in [0.05, 0.1) is 6.54 Å². The molecule has 96 valence electrons. The van der Waals surface area contributed by atoms with Crippen LogP contribution >= 0.6 is 0 Å². The minimum absolute atomic E-state index is 0.0198. The number of likely N-dealkylation sites (tertiary alicyclic amines) is 1. The molecule has 0 amide bonds. The average Bonchev–Trinajstić information content (AvgIpc) is 2.97. The zero-order valence-electron chi connectivity index (χ0n) is 10.5. The molecule has 0 aliphatic carbocycles. The van der Waals surface area contributed by atoms with E-state index >= 15 is 0 Å². The van der Waals surface area contributed by atoms with Crippen molar-refractivity contribution in [2.24, 2.45) is 5.92 Å². The minimum Gasteiger partial charge on any atom is -0.462 e. The molecule has 4 heteroatoms. The molecule has 0 aromatic carbocycles. The van der Waals surface area contributed by atoms with Gasteiger partial charge < -0.3 is 19.7 Å². The standard InChI is InChI=1S/C13H22N2O2/c1-2-15-6-5-11(9-15)7-14-8-12-3-4-13(10-16)17-12/h3-4,11,14,16H,2,5-10H2,1H3. The topological polar surface area (TPSA) is 48.6 Å². The summed E-state index contributed by atoms with van der Waals surface area (Å²) in [5.74, 6) is 2.31. The van der Waals surface area contributed by atoms with E-state index in [1.165, 1.54) is 19.5 Å². The van der Waals surface area contributed by atoms with Gasteiger partial charge in [-0.1, -0.05) is 6.92 Å². The van der Waals surface area contributed by atoms with E-state index in [2.05, 4.69) is 17.1 Å². The van der Waals surface area contributed by atoms with E-state index in [-0.39, 0.29) is 6.61 Å². The molecule has 0 bridgehead atoms. The minimum atomic E-state index is -0.0198. The molecule has 1 aliphatic heterocycles. The van der Waals surface area contributed by atoms with Crippen LogP contribution in [-0.2, 0) is 13.2 Å². The van der Waals surface area contributed by atoms with Gasteiger partial charge in [0.1, 0.15) is 18.1 Å². The molecule has 1 fully saturated rings. The van der Waals surface area contributed by atoms with Crippen LogP contribution in [0.2, 0.25) is 0 Å². The lowest BCUT2D eigenvalue weighted by Crippen LogP contribution is -2.26. The van der Waals surface area contributed by atoms with Crippen LogP contribution in [0.25, 0.3) is 0 Å². The number of hydrogen-bond acceptors (Lipinski definition) is 4. The monoisotopic (exact) mass is 238 g/mol. The molecule has 1 aliphatic rings. The molecule has 2 N–H and O–H groups in total. The van der Waals surface area contributed by atoms with Crippen molar-refractivity contribution in [1.82, 2.24) is 10.2 Å². The first kappa shape index (κ1) is 12.6. The second-order valence-electron chi connectivity index (χ2n) is 4.70. The SMILES string of the molecule is CCN1CCC(CNCc2ccc(CO)o2)C1. The van der Waals surface area contributed by atoms with Crippen molar-refractivity contribution in [2.45, 2.75) is 26.5 Å². The first-order valence-corrected chi connectivity index (χ1v) is 6.43. The number of rotatable bonds is 6. The third-order valence-electron chi connectivity index (χ3n) is 3.42. The number of aliphatic hydroxyl groups excluding tert-OH is 1. The molecule has 1 aromatic heterocycles. The molecule has 1 saturated heterocycles. The fraction of sp³-hybridized carbons (Fsp3) is 0.692. The predicted octanol–water partition coefficient (Wildman–Crippen LogP) is 1.20. The molecule has 0 saturated carbocycles. The maximum absolute atomic E-state index is 8.89. The van der Waals surface area contributed by atoms with Gasteiger partial charge in [-0.05, 0) is 44.1 Å². The Labute approximate surface area is 103 Å². The molecule has 1 atom stereocenters. The first-order valence-electron chi connectivity index (χ1n) is 6.43.